The Morgan fingerprint density at radius 3 is 2.86 bits per heavy atom. The van der Waals surface area contributed by atoms with Crippen molar-refractivity contribution < 1.29 is 4.42 Å². The third-order valence-electron chi connectivity index (χ3n) is 2.87. The fraction of sp³-hybridized carbons (Fsp3) is 0.154. The van der Waals surface area contributed by atoms with Gasteiger partial charge in [0, 0.05) is 12.7 Å². The summed E-state index contributed by atoms with van der Waals surface area (Å²) >= 11 is 4.84. The monoisotopic (exact) mass is 301 g/mol. The highest BCUT2D eigenvalue weighted by Gasteiger charge is 2.15. The quantitative estimate of drug-likeness (QED) is 0.745. The zero-order valence-electron chi connectivity index (χ0n) is 11.1. The predicted octanol–water partition coefficient (Wildman–Crippen LogP) is 2.04. The maximum absolute atomic E-state index is 12.3. The molecule has 0 amide bonds. The lowest BCUT2D eigenvalue weighted by atomic mass is 10.2. The van der Waals surface area contributed by atoms with Gasteiger partial charge in [-0.2, -0.15) is 5.10 Å². The molecule has 0 saturated carbocycles. The molecule has 3 rings (SSSR count). The lowest BCUT2D eigenvalue weighted by molar-refractivity contribution is 0.546. The Kier molecular flexibility index (Phi) is 3.44. The zero-order chi connectivity index (χ0) is 14.8. The summed E-state index contributed by atoms with van der Waals surface area (Å²) in [7, 11) is 0. The van der Waals surface area contributed by atoms with E-state index in [1.54, 1.807) is 12.3 Å². The van der Waals surface area contributed by atoms with Crippen molar-refractivity contribution >= 4 is 12.2 Å². The average Bonchev–Trinajstić information content (AvgIpc) is 2.95. The smallest absolute Gasteiger partial charge is 0.284 e. The Labute approximate surface area is 124 Å². The number of H-pyrrole nitrogens is 1. The summed E-state index contributed by atoms with van der Waals surface area (Å²) in [5, 5.41) is 10.7. The Bertz CT molecular complexity index is 881. The van der Waals surface area contributed by atoms with Gasteiger partial charge in [-0.1, -0.05) is 6.07 Å². The first kappa shape index (κ1) is 13.4. The van der Waals surface area contributed by atoms with Crippen molar-refractivity contribution in [3.8, 4) is 22.8 Å². The Balaban J connectivity index is 2.25. The third-order valence-corrected chi connectivity index (χ3v) is 3.04. The van der Waals surface area contributed by atoms with Gasteiger partial charge in [-0.15, -0.1) is 5.10 Å². The van der Waals surface area contributed by atoms with Crippen LogP contribution in [0.5, 0.6) is 0 Å². The van der Waals surface area contributed by atoms with Crippen molar-refractivity contribution in [2.45, 2.75) is 13.5 Å². The molecule has 3 aromatic rings. The van der Waals surface area contributed by atoms with Crippen molar-refractivity contribution in [3.05, 3.63) is 45.7 Å². The number of aromatic amines is 1. The highest BCUT2D eigenvalue weighted by molar-refractivity contribution is 7.71. The average molecular weight is 301 g/mol. The molecule has 106 valence electrons. The van der Waals surface area contributed by atoms with Gasteiger partial charge >= 0.3 is 0 Å². The lowest BCUT2D eigenvalue weighted by Gasteiger charge is -2.06. The number of hydrogen-bond acceptors (Lipinski definition) is 6. The van der Waals surface area contributed by atoms with Crippen LogP contribution in [0.25, 0.3) is 22.8 Å². The lowest BCUT2D eigenvalue weighted by Crippen LogP contribution is -2.24. The fourth-order valence-corrected chi connectivity index (χ4v) is 2.02. The highest BCUT2D eigenvalue weighted by Crippen LogP contribution is 2.18. The van der Waals surface area contributed by atoms with Gasteiger partial charge in [0.1, 0.15) is 11.3 Å². The maximum Gasteiger partial charge on any atom is 0.284 e. The van der Waals surface area contributed by atoms with E-state index in [-0.39, 0.29) is 16.3 Å². The van der Waals surface area contributed by atoms with E-state index < -0.39 is 0 Å². The van der Waals surface area contributed by atoms with E-state index in [4.69, 9.17) is 16.6 Å². The van der Waals surface area contributed by atoms with Crippen molar-refractivity contribution in [2.75, 3.05) is 0 Å². The minimum absolute atomic E-state index is 0.114. The van der Waals surface area contributed by atoms with E-state index in [0.29, 0.717) is 23.5 Å². The maximum atomic E-state index is 12.3. The van der Waals surface area contributed by atoms with Crippen LogP contribution >= 0.6 is 12.2 Å². The molecule has 21 heavy (non-hydrogen) atoms. The van der Waals surface area contributed by atoms with Gasteiger partial charge in [-0.05, 0) is 37.3 Å². The van der Waals surface area contributed by atoms with E-state index in [2.05, 4.69) is 20.3 Å². The van der Waals surface area contributed by atoms with Crippen LogP contribution in [0.15, 0.2) is 39.7 Å². The van der Waals surface area contributed by atoms with Gasteiger partial charge in [-0.3, -0.25) is 9.78 Å². The summed E-state index contributed by atoms with van der Waals surface area (Å²) < 4.78 is 6.57. The molecule has 0 unspecified atom stereocenters. The Hall–Kier alpha value is -2.61. The predicted molar refractivity (Wildman–Crippen MR) is 78.1 cm³/mol. The largest absolute Gasteiger partial charge is 0.409 e. The van der Waals surface area contributed by atoms with Crippen LogP contribution in [0.2, 0.25) is 0 Å². The topological polar surface area (TPSA) is 89.6 Å². The van der Waals surface area contributed by atoms with Crippen molar-refractivity contribution in [3.63, 3.8) is 0 Å². The first-order valence-corrected chi connectivity index (χ1v) is 6.69. The van der Waals surface area contributed by atoms with E-state index in [1.807, 2.05) is 25.1 Å². The summed E-state index contributed by atoms with van der Waals surface area (Å²) in [6.07, 6.45) is 1.67. The SMILES string of the molecule is CCn1nc(-c2ccccn2)cc(-c2n[nH]c(=S)o2)c1=O. The van der Waals surface area contributed by atoms with Crippen LogP contribution in [0.3, 0.4) is 0 Å². The van der Waals surface area contributed by atoms with Gasteiger partial charge in [0.25, 0.3) is 16.3 Å². The first-order chi connectivity index (χ1) is 10.2. The van der Waals surface area contributed by atoms with Crippen LogP contribution in [0.1, 0.15) is 6.92 Å². The number of nitrogens with zero attached hydrogens (tertiary/aromatic N) is 4. The molecule has 3 heterocycles. The van der Waals surface area contributed by atoms with Gasteiger partial charge in [0.05, 0.1) is 5.69 Å². The van der Waals surface area contributed by atoms with Crippen LogP contribution in [0, 0.1) is 4.84 Å². The van der Waals surface area contributed by atoms with E-state index in [1.165, 1.54) is 4.68 Å². The number of nitrogens with one attached hydrogen (secondary N) is 1. The van der Waals surface area contributed by atoms with E-state index in [0.717, 1.165) is 0 Å². The summed E-state index contributed by atoms with van der Waals surface area (Å²) in [6, 6.07) is 7.08. The number of aryl methyl sites for hydroxylation is 1. The second kappa shape index (κ2) is 5.41. The number of aromatic nitrogens is 5. The van der Waals surface area contributed by atoms with Gasteiger partial charge in [-0.25, -0.2) is 9.78 Å². The molecule has 0 aliphatic rings. The molecule has 0 fully saturated rings. The molecular weight excluding hydrogens is 290 g/mol. The Morgan fingerprint density at radius 2 is 2.24 bits per heavy atom. The van der Waals surface area contributed by atoms with Gasteiger partial charge < -0.3 is 4.42 Å². The van der Waals surface area contributed by atoms with E-state index >= 15 is 0 Å². The second-order valence-electron chi connectivity index (χ2n) is 4.20. The molecule has 8 heteroatoms. The molecule has 3 aromatic heterocycles. The molecule has 0 atom stereocenters. The molecule has 0 spiro atoms. The fourth-order valence-electron chi connectivity index (χ4n) is 1.89. The second-order valence-corrected chi connectivity index (χ2v) is 4.57. The highest BCUT2D eigenvalue weighted by atomic mass is 32.1. The molecule has 0 saturated heterocycles. The molecule has 0 aliphatic carbocycles. The van der Waals surface area contributed by atoms with Crippen molar-refractivity contribution in [1.29, 1.82) is 0 Å². The molecule has 1 N–H and O–H groups in total. The van der Waals surface area contributed by atoms with Crippen LogP contribution in [0.4, 0.5) is 0 Å². The van der Waals surface area contributed by atoms with Crippen LogP contribution in [-0.2, 0) is 6.54 Å². The van der Waals surface area contributed by atoms with Gasteiger partial charge in [0.15, 0.2) is 0 Å². The normalized spacial score (nSPS) is 10.7. The number of rotatable bonds is 3. The van der Waals surface area contributed by atoms with Crippen molar-refractivity contribution in [1.82, 2.24) is 25.0 Å². The summed E-state index contributed by atoms with van der Waals surface area (Å²) in [5.41, 5.74) is 1.23. The minimum atomic E-state index is -0.289. The summed E-state index contributed by atoms with van der Waals surface area (Å²) in [4.78, 5) is 16.7. The van der Waals surface area contributed by atoms with E-state index in [9.17, 15) is 4.79 Å². The van der Waals surface area contributed by atoms with Crippen LogP contribution in [-0.4, -0.2) is 25.0 Å². The summed E-state index contributed by atoms with van der Waals surface area (Å²) in [5.74, 6) is 0.145. The van der Waals surface area contributed by atoms with Gasteiger partial charge in [0.2, 0.25) is 0 Å². The first-order valence-electron chi connectivity index (χ1n) is 6.28. The van der Waals surface area contributed by atoms with Crippen molar-refractivity contribution in [2.24, 2.45) is 0 Å². The summed E-state index contributed by atoms with van der Waals surface area (Å²) in [6.45, 7) is 2.26. The Morgan fingerprint density at radius 1 is 1.38 bits per heavy atom. The molecule has 0 aromatic carbocycles. The molecule has 0 radical (unpaired) electrons. The standard InChI is InChI=1S/C13H11N5O2S/c1-2-18-12(19)8(11-15-16-13(21)20-11)7-10(17-18)9-5-3-4-6-14-9/h3-7H,2H2,1H3,(H,16,21). The minimum Gasteiger partial charge on any atom is -0.409 e. The molecule has 0 bridgehead atoms. The molecular formula is C13H11N5O2S. The number of hydrogen-bond donors (Lipinski definition) is 1. The third kappa shape index (κ3) is 2.52. The molecule has 7 nitrogen and oxygen atoms in total. The molecule has 0 aliphatic heterocycles. The van der Waals surface area contributed by atoms with Crippen LogP contribution < -0.4 is 5.56 Å². The number of pyridine rings is 1. The zero-order valence-corrected chi connectivity index (χ0v) is 11.9.